The number of hydrogen-bond donors (Lipinski definition) is 1. The Hall–Kier alpha value is -2.24. The van der Waals surface area contributed by atoms with E-state index in [1.54, 1.807) is 12.1 Å². The van der Waals surface area contributed by atoms with Crippen LogP contribution in [0.25, 0.3) is 0 Å². The number of amides is 1. The maximum atomic E-state index is 11.4. The number of primary amides is 1. The normalized spacial score (nSPS) is 11.5. The highest BCUT2D eigenvalue weighted by atomic mass is 16.6. The molecule has 0 aliphatic rings. The summed E-state index contributed by atoms with van der Waals surface area (Å²) >= 11 is 0. The van der Waals surface area contributed by atoms with Crippen LogP contribution in [0.1, 0.15) is 20.3 Å². The average molecular weight is 281 g/mol. The molecule has 1 rings (SSSR count). The van der Waals surface area contributed by atoms with Crippen molar-refractivity contribution in [1.82, 2.24) is 0 Å². The number of para-hydroxylation sites is 2. The van der Waals surface area contributed by atoms with Crippen molar-refractivity contribution < 1.29 is 23.8 Å². The minimum absolute atomic E-state index is 0.0259. The van der Waals surface area contributed by atoms with Gasteiger partial charge in [-0.2, -0.15) is 0 Å². The largest absolute Gasteiger partial charge is 0.490 e. The van der Waals surface area contributed by atoms with E-state index < -0.39 is 18.0 Å². The predicted molar refractivity (Wildman–Crippen MR) is 72.5 cm³/mol. The first-order valence-electron chi connectivity index (χ1n) is 6.38. The first kappa shape index (κ1) is 15.8. The Balaban J connectivity index is 2.41. The van der Waals surface area contributed by atoms with Crippen molar-refractivity contribution in [3.8, 4) is 11.5 Å². The van der Waals surface area contributed by atoms with E-state index in [1.807, 2.05) is 19.1 Å². The van der Waals surface area contributed by atoms with Crippen molar-refractivity contribution in [1.29, 1.82) is 0 Å². The van der Waals surface area contributed by atoms with Gasteiger partial charge in [0.05, 0.1) is 19.6 Å². The molecule has 0 fully saturated rings. The van der Waals surface area contributed by atoms with Crippen molar-refractivity contribution in [3.05, 3.63) is 24.3 Å². The van der Waals surface area contributed by atoms with Gasteiger partial charge in [0.2, 0.25) is 0 Å². The van der Waals surface area contributed by atoms with Gasteiger partial charge in [0.25, 0.3) is 5.91 Å². The maximum Gasteiger partial charge on any atom is 0.310 e. The van der Waals surface area contributed by atoms with Crippen molar-refractivity contribution in [2.75, 3.05) is 13.2 Å². The minimum atomic E-state index is -0.932. The lowest BCUT2D eigenvalue weighted by Crippen LogP contribution is -2.30. The lowest BCUT2D eigenvalue weighted by molar-refractivity contribution is -0.154. The Morgan fingerprint density at radius 2 is 1.80 bits per heavy atom. The molecule has 6 nitrogen and oxygen atoms in total. The second-order valence-corrected chi connectivity index (χ2v) is 4.01. The quantitative estimate of drug-likeness (QED) is 0.725. The molecule has 0 aliphatic carbocycles. The minimum Gasteiger partial charge on any atom is -0.490 e. The van der Waals surface area contributed by atoms with E-state index in [1.165, 1.54) is 6.92 Å². The van der Waals surface area contributed by atoms with Gasteiger partial charge in [-0.15, -0.1) is 0 Å². The Bertz CT molecular complexity index is 461. The van der Waals surface area contributed by atoms with E-state index in [0.29, 0.717) is 18.1 Å². The smallest absolute Gasteiger partial charge is 0.310 e. The van der Waals surface area contributed by atoms with Crippen LogP contribution in [0, 0.1) is 0 Å². The van der Waals surface area contributed by atoms with Crippen molar-refractivity contribution in [2.24, 2.45) is 5.73 Å². The number of rotatable bonds is 8. The van der Waals surface area contributed by atoms with Gasteiger partial charge < -0.3 is 19.9 Å². The molecule has 1 aromatic carbocycles. The predicted octanol–water partition coefficient (Wildman–Crippen LogP) is 1.27. The molecule has 0 heterocycles. The summed E-state index contributed by atoms with van der Waals surface area (Å²) in [6, 6.07) is 7.18. The standard InChI is InChI=1S/C14H19NO5/c1-3-18-11-6-4-5-7-12(11)19-9-8-13(16)20-10(2)14(15)17/h4-7,10H,3,8-9H2,1-2H3,(H2,15,17)/t10-/m1/s1. The topological polar surface area (TPSA) is 87.8 Å². The van der Waals surface area contributed by atoms with Crippen LogP contribution in [0.4, 0.5) is 0 Å². The van der Waals surface area contributed by atoms with E-state index in [2.05, 4.69) is 0 Å². The zero-order chi connectivity index (χ0) is 15.0. The summed E-state index contributed by atoms with van der Waals surface area (Å²) in [7, 11) is 0. The van der Waals surface area contributed by atoms with Gasteiger partial charge in [-0.3, -0.25) is 9.59 Å². The summed E-state index contributed by atoms with van der Waals surface area (Å²) in [5, 5.41) is 0. The molecule has 0 unspecified atom stereocenters. The first-order valence-corrected chi connectivity index (χ1v) is 6.38. The van der Waals surface area contributed by atoms with Crippen molar-refractivity contribution in [3.63, 3.8) is 0 Å². The van der Waals surface area contributed by atoms with E-state index in [4.69, 9.17) is 19.9 Å². The number of benzene rings is 1. The van der Waals surface area contributed by atoms with Crippen LogP contribution in [-0.2, 0) is 14.3 Å². The summed E-state index contributed by atoms with van der Waals surface area (Å²) in [4.78, 5) is 22.2. The number of carbonyl (C=O) groups excluding carboxylic acids is 2. The molecule has 0 aliphatic heterocycles. The van der Waals surface area contributed by atoms with Crippen LogP contribution in [-0.4, -0.2) is 31.2 Å². The monoisotopic (exact) mass is 281 g/mol. The molecule has 0 saturated heterocycles. The fraction of sp³-hybridized carbons (Fsp3) is 0.429. The van der Waals surface area contributed by atoms with Crippen LogP contribution in [0.3, 0.4) is 0 Å². The molecular formula is C14H19NO5. The highest BCUT2D eigenvalue weighted by Gasteiger charge is 2.14. The fourth-order valence-corrected chi connectivity index (χ4v) is 1.40. The van der Waals surface area contributed by atoms with E-state index >= 15 is 0 Å². The number of esters is 1. The summed E-state index contributed by atoms with van der Waals surface area (Å²) in [6.07, 6.45) is -0.906. The highest BCUT2D eigenvalue weighted by Crippen LogP contribution is 2.26. The molecule has 0 spiro atoms. The van der Waals surface area contributed by atoms with Gasteiger partial charge in [0, 0.05) is 0 Å². The lowest BCUT2D eigenvalue weighted by atomic mass is 10.3. The SMILES string of the molecule is CCOc1ccccc1OCCC(=O)O[C@H](C)C(N)=O. The second kappa shape index (κ2) is 8.04. The van der Waals surface area contributed by atoms with E-state index in [-0.39, 0.29) is 13.0 Å². The van der Waals surface area contributed by atoms with Gasteiger partial charge >= 0.3 is 5.97 Å². The summed E-state index contributed by atoms with van der Waals surface area (Å²) in [5.41, 5.74) is 4.99. The molecule has 110 valence electrons. The lowest BCUT2D eigenvalue weighted by Gasteiger charge is -2.12. The molecule has 1 aromatic rings. The summed E-state index contributed by atoms with van der Waals surface area (Å²) in [6.45, 7) is 3.96. The Kier molecular flexibility index (Phi) is 6.36. The van der Waals surface area contributed by atoms with Gasteiger partial charge in [0.15, 0.2) is 17.6 Å². The van der Waals surface area contributed by atoms with Gasteiger partial charge in [-0.05, 0) is 26.0 Å². The molecule has 1 atom stereocenters. The molecular weight excluding hydrogens is 262 g/mol. The van der Waals surface area contributed by atoms with Crippen molar-refractivity contribution in [2.45, 2.75) is 26.4 Å². The third kappa shape index (κ3) is 5.17. The first-order chi connectivity index (χ1) is 9.54. The highest BCUT2D eigenvalue weighted by molar-refractivity contribution is 5.81. The molecule has 1 amide bonds. The zero-order valence-corrected chi connectivity index (χ0v) is 11.6. The Morgan fingerprint density at radius 3 is 2.35 bits per heavy atom. The van der Waals surface area contributed by atoms with Gasteiger partial charge in [-0.25, -0.2) is 0 Å². The second-order valence-electron chi connectivity index (χ2n) is 4.01. The molecule has 6 heteroatoms. The fourth-order valence-electron chi connectivity index (χ4n) is 1.40. The third-order valence-electron chi connectivity index (χ3n) is 2.42. The van der Waals surface area contributed by atoms with E-state index in [0.717, 1.165) is 0 Å². The molecule has 0 bridgehead atoms. The number of carbonyl (C=O) groups is 2. The number of ether oxygens (including phenoxy) is 3. The number of nitrogens with two attached hydrogens (primary N) is 1. The third-order valence-corrected chi connectivity index (χ3v) is 2.42. The van der Waals surface area contributed by atoms with Crippen LogP contribution in [0.2, 0.25) is 0 Å². The van der Waals surface area contributed by atoms with Gasteiger partial charge in [-0.1, -0.05) is 12.1 Å². The van der Waals surface area contributed by atoms with E-state index in [9.17, 15) is 9.59 Å². The number of hydrogen-bond acceptors (Lipinski definition) is 5. The van der Waals surface area contributed by atoms with Crippen LogP contribution in [0.5, 0.6) is 11.5 Å². The van der Waals surface area contributed by atoms with Crippen LogP contribution in [0.15, 0.2) is 24.3 Å². The summed E-state index contributed by atoms with van der Waals surface area (Å²) < 4.78 is 15.7. The van der Waals surface area contributed by atoms with Crippen molar-refractivity contribution >= 4 is 11.9 Å². The molecule has 0 saturated carbocycles. The van der Waals surface area contributed by atoms with Gasteiger partial charge in [0.1, 0.15) is 0 Å². The van der Waals surface area contributed by atoms with Crippen LogP contribution >= 0.6 is 0 Å². The molecule has 0 radical (unpaired) electrons. The maximum absolute atomic E-state index is 11.4. The Labute approximate surface area is 117 Å². The Morgan fingerprint density at radius 1 is 1.20 bits per heavy atom. The summed E-state index contributed by atoms with van der Waals surface area (Å²) in [5.74, 6) is -0.0369. The molecule has 2 N–H and O–H groups in total. The molecule has 0 aromatic heterocycles. The zero-order valence-electron chi connectivity index (χ0n) is 11.6. The average Bonchev–Trinajstić information content (AvgIpc) is 2.40. The molecule has 20 heavy (non-hydrogen) atoms. The van der Waals surface area contributed by atoms with Crippen LogP contribution < -0.4 is 15.2 Å².